The van der Waals surface area contributed by atoms with Crippen molar-refractivity contribution in [1.29, 1.82) is 0 Å². The van der Waals surface area contributed by atoms with Gasteiger partial charge in [0.05, 0.1) is 30.2 Å². The minimum absolute atomic E-state index is 0.207. The van der Waals surface area contributed by atoms with Gasteiger partial charge in [-0.2, -0.15) is 0 Å². The molecule has 1 heterocycles. The normalized spacial score (nSPS) is 20.2. The minimum atomic E-state index is -0.940. The molecule has 8 aromatic rings. The molecule has 1 aliphatic rings. The van der Waals surface area contributed by atoms with Gasteiger partial charge in [0.1, 0.15) is 11.5 Å². The Hall–Kier alpha value is -5.14. The maximum Gasteiger partial charge on any atom is 0.135 e. The molecule has 0 atom stereocenters. The van der Waals surface area contributed by atoms with Crippen LogP contribution in [0.2, 0.25) is 0 Å². The molecule has 9 rings (SSSR count). The largest absolute Gasteiger partial charge is 0.456 e. The molecule has 0 fully saturated rings. The van der Waals surface area contributed by atoms with E-state index >= 15 is 0 Å². The lowest BCUT2D eigenvalue weighted by molar-refractivity contribution is 0.487. The molecule has 0 amide bonds. The first kappa shape index (κ1) is 8.97. The Labute approximate surface area is 256 Å². The van der Waals surface area contributed by atoms with E-state index in [1.807, 2.05) is 0 Å². The van der Waals surface area contributed by atoms with Gasteiger partial charge in [0.25, 0.3) is 0 Å². The lowest BCUT2D eigenvalue weighted by Gasteiger charge is -2.22. The Morgan fingerprint density at radius 2 is 0.949 bits per heavy atom. The molecule has 0 spiro atoms. The Balaban J connectivity index is 1.45. The number of para-hydroxylation sites is 1. The highest BCUT2D eigenvalue weighted by molar-refractivity contribution is 6.25. The molecule has 0 aromatic heterocycles. The van der Waals surface area contributed by atoms with Crippen molar-refractivity contribution in [3.05, 3.63) is 133 Å². The van der Waals surface area contributed by atoms with Gasteiger partial charge in [0.2, 0.25) is 0 Å². The van der Waals surface area contributed by atoms with Gasteiger partial charge in [-0.3, -0.25) is 0 Å². The first-order valence-corrected chi connectivity index (χ1v) is 11.7. The molecule has 0 saturated heterocycles. The van der Waals surface area contributed by atoms with Crippen molar-refractivity contribution in [2.24, 2.45) is 0 Å². The molecule has 1 nitrogen and oxygen atoms in total. The van der Waals surface area contributed by atoms with Crippen molar-refractivity contribution < 1.29 is 34.9 Å². The van der Waals surface area contributed by atoms with Crippen LogP contribution in [-0.2, 0) is 0 Å². The molecule has 0 bridgehead atoms. The van der Waals surface area contributed by atoms with Gasteiger partial charge in [-0.15, -0.1) is 0 Å². The fourth-order valence-corrected chi connectivity index (χ4v) is 4.98. The van der Waals surface area contributed by atoms with Crippen LogP contribution in [0.15, 0.2) is 133 Å². The number of hydrogen-bond acceptors (Lipinski definition) is 1. The van der Waals surface area contributed by atoms with E-state index in [0.29, 0.717) is 0 Å². The van der Waals surface area contributed by atoms with Crippen LogP contribution in [0.1, 0.15) is 30.2 Å². The van der Waals surface area contributed by atoms with E-state index in [9.17, 15) is 5.48 Å². The van der Waals surface area contributed by atoms with Gasteiger partial charge in [-0.05, 0) is 77.6 Å². The van der Waals surface area contributed by atoms with Crippen molar-refractivity contribution in [2.45, 2.75) is 0 Å². The van der Waals surface area contributed by atoms with Crippen LogP contribution in [0.5, 0.6) is 11.5 Å². The summed E-state index contributed by atoms with van der Waals surface area (Å²) in [5, 5.41) is -2.76. The van der Waals surface area contributed by atoms with Gasteiger partial charge in [0.15, 0.2) is 0 Å². The average Bonchev–Trinajstić information content (AvgIpc) is 3.22. The van der Waals surface area contributed by atoms with Crippen molar-refractivity contribution in [2.75, 3.05) is 0 Å². The summed E-state index contributed by atoms with van der Waals surface area (Å²) in [7, 11) is 0. The van der Waals surface area contributed by atoms with Gasteiger partial charge < -0.3 is 4.74 Å². The fraction of sp³-hybridized carbons (Fsp3) is 0. The highest BCUT2D eigenvalue weighted by Gasteiger charge is 2.21. The van der Waals surface area contributed by atoms with Gasteiger partial charge in [0, 0.05) is 10.9 Å². The number of hydrogen-bond donors (Lipinski definition) is 0. The second-order valence-electron chi connectivity index (χ2n) is 8.76. The second-order valence-corrected chi connectivity index (χ2v) is 8.76. The molecular weight excluding hydrogens is 472 g/mol. The zero-order valence-electron chi connectivity index (χ0n) is 41.4. The van der Waals surface area contributed by atoms with Crippen LogP contribution in [0.25, 0.3) is 76.5 Å². The number of fused-ring (bicyclic) bond motifs is 2. The van der Waals surface area contributed by atoms with E-state index in [1.165, 1.54) is 0 Å². The number of benzene rings is 8. The predicted molar refractivity (Wildman–Crippen MR) is 164 cm³/mol. The maximum atomic E-state index is 9.32. The van der Waals surface area contributed by atoms with E-state index in [4.69, 9.17) is 29.4 Å². The molecule has 39 heavy (non-hydrogen) atoms. The third kappa shape index (κ3) is 2.90. The standard InChI is InChI=1S/C38H22O/c1-2-10-34-30(7-1)32-9-4-8-31-29(21-22-35(39-34)38(31)32)24-13-11-23(12-14-24)28-19-17-27-16-15-25-5-3-6-26-18-20-33(28)37(27)36(25)26/h1-22H/i1D,2D,3D,4D,5D,6D,7D,8D,9D,10D,11D,12D,13D,14D,15D,16D,17D,18D,19D,20D,21D,22D. The molecule has 1 heteroatoms. The maximum absolute atomic E-state index is 9.32. The van der Waals surface area contributed by atoms with Crippen LogP contribution in [0.3, 0.4) is 0 Å². The minimum Gasteiger partial charge on any atom is -0.456 e. The highest BCUT2D eigenvalue weighted by atomic mass is 16.5. The van der Waals surface area contributed by atoms with Crippen molar-refractivity contribution in [3.63, 3.8) is 0 Å². The topological polar surface area (TPSA) is 9.23 Å². The third-order valence-corrected chi connectivity index (χ3v) is 6.70. The summed E-state index contributed by atoms with van der Waals surface area (Å²) >= 11 is 0. The number of ether oxygens (including phenoxy) is 1. The van der Waals surface area contributed by atoms with E-state index in [-0.39, 0.29) is 43.4 Å². The van der Waals surface area contributed by atoms with E-state index in [2.05, 4.69) is 0 Å². The zero-order valence-corrected chi connectivity index (χ0v) is 19.4. The Kier molecular flexibility index (Phi) is 1.77. The first-order valence-electron chi connectivity index (χ1n) is 22.7. The summed E-state index contributed by atoms with van der Waals surface area (Å²) in [4.78, 5) is 0. The van der Waals surface area contributed by atoms with E-state index in [1.54, 1.807) is 0 Å². The monoisotopic (exact) mass is 516 g/mol. The number of rotatable bonds is 2. The summed E-state index contributed by atoms with van der Waals surface area (Å²) in [5.41, 5.74) is -3.31. The summed E-state index contributed by atoms with van der Waals surface area (Å²) < 4.78 is 201. The second kappa shape index (κ2) is 7.69. The van der Waals surface area contributed by atoms with Gasteiger partial charge in [-0.25, -0.2) is 0 Å². The molecule has 0 N–H and O–H groups in total. The van der Waals surface area contributed by atoms with Crippen molar-refractivity contribution >= 4 is 43.1 Å². The van der Waals surface area contributed by atoms with Crippen molar-refractivity contribution in [3.8, 4) is 44.9 Å². The van der Waals surface area contributed by atoms with E-state index < -0.39 is 177 Å². The van der Waals surface area contributed by atoms with Crippen molar-refractivity contribution in [1.82, 2.24) is 0 Å². The molecule has 0 saturated carbocycles. The zero-order chi connectivity index (χ0) is 44.6. The lowest BCUT2D eigenvalue weighted by Crippen LogP contribution is -1.97. The molecule has 180 valence electrons. The van der Waals surface area contributed by atoms with Crippen LogP contribution >= 0.6 is 0 Å². The van der Waals surface area contributed by atoms with E-state index in [0.717, 1.165) is 0 Å². The summed E-state index contributed by atoms with van der Waals surface area (Å²) in [5.74, 6) is -1.03. The molecule has 0 radical (unpaired) electrons. The molecule has 0 unspecified atom stereocenters. The summed E-state index contributed by atoms with van der Waals surface area (Å²) in [6.07, 6.45) is 0. The van der Waals surface area contributed by atoms with Crippen LogP contribution < -0.4 is 4.74 Å². The third-order valence-electron chi connectivity index (χ3n) is 6.70. The van der Waals surface area contributed by atoms with Crippen LogP contribution in [-0.4, -0.2) is 0 Å². The Bertz CT molecular complexity index is 3410. The lowest BCUT2D eigenvalue weighted by atomic mass is 9.88. The highest BCUT2D eigenvalue weighted by Crippen LogP contribution is 2.48. The average molecular weight is 517 g/mol. The summed E-state index contributed by atoms with van der Waals surface area (Å²) in [6.45, 7) is 0. The first-order chi connectivity index (χ1) is 28.5. The fourth-order valence-electron chi connectivity index (χ4n) is 4.98. The summed E-state index contributed by atoms with van der Waals surface area (Å²) in [6, 6.07) is -16.8. The molecular formula is C38H22O. The molecule has 8 aromatic carbocycles. The van der Waals surface area contributed by atoms with Crippen LogP contribution in [0.4, 0.5) is 0 Å². The molecule has 0 aliphatic carbocycles. The van der Waals surface area contributed by atoms with Crippen LogP contribution in [0, 0.1) is 0 Å². The Morgan fingerprint density at radius 1 is 0.359 bits per heavy atom. The molecule has 1 aliphatic heterocycles. The van der Waals surface area contributed by atoms with Gasteiger partial charge >= 0.3 is 0 Å². The van der Waals surface area contributed by atoms with Gasteiger partial charge in [-0.1, -0.05) is 121 Å². The Morgan fingerprint density at radius 3 is 1.74 bits per heavy atom. The SMILES string of the molecule is [2H]c1c([2H])c([2H])c2c(c1[2H])Oc1c([2H])c([2H])c(-c3c([2H])c([2H])c(-c4c([2H])c([2H])c5c([2H])c([2H])c6c([2H])c([2H])c([2H])c7c([2H])c([2H])c4c5c67)c([2H])c3[2H])c3c([2H])c([2H])c([2H])c-2c13. The quantitative estimate of drug-likeness (QED) is 0.208. The smallest absolute Gasteiger partial charge is 0.135 e. The predicted octanol–water partition coefficient (Wildman–Crippen LogP) is 10.8.